The quantitative estimate of drug-likeness (QED) is 0.609. The molecule has 4 nitrogen and oxygen atoms in total. The van der Waals surface area contributed by atoms with E-state index >= 15 is 0 Å². The van der Waals surface area contributed by atoms with Crippen LogP contribution in [0.5, 0.6) is 5.75 Å². The molecule has 0 N–H and O–H groups in total. The van der Waals surface area contributed by atoms with Crippen LogP contribution in [0.25, 0.3) is 11.0 Å². The summed E-state index contributed by atoms with van der Waals surface area (Å²) < 4.78 is 10.9. The average Bonchev–Trinajstić information content (AvgIpc) is 3.47. The summed E-state index contributed by atoms with van der Waals surface area (Å²) in [5.74, 6) is 0.995. The second-order valence-corrected chi connectivity index (χ2v) is 7.22. The number of aryl methyl sites for hydroxylation is 1. The molecule has 2 aromatic carbocycles. The topological polar surface area (TPSA) is 42.7 Å². The number of benzene rings is 2. The maximum Gasteiger partial charge on any atom is 0.227 e. The van der Waals surface area contributed by atoms with E-state index in [0.29, 0.717) is 19.0 Å². The Morgan fingerprint density at radius 3 is 2.56 bits per heavy atom. The van der Waals surface area contributed by atoms with Gasteiger partial charge in [0, 0.05) is 23.5 Å². The largest absolute Gasteiger partial charge is 0.497 e. The zero-order valence-electron chi connectivity index (χ0n) is 15.9. The van der Waals surface area contributed by atoms with Crippen LogP contribution in [-0.4, -0.2) is 24.0 Å². The summed E-state index contributed by atoms with van der Waals surface area (Å²) in [5.41, 5.74) is 4.21. The first-order chi connectivity index (χ1) is 13.2. The Hall–Kier alpha value is -2.75. The molecule has 4 heteroatoms. The van der Waals surface area contributed by atoms with Gasteiger partial charge >= 0.3 is 0 Å². The third-order valence-corrected chi connectivity index (χ3v) is 5.29. The monoisotopic (exact) mass is 363 g/mol. The minimum atomic E-state index is 0.163. The molecule has 0 atom stereocenters. The minimum absolute atomic E-state index is 0.163. The molecule has 1 heterocycles. The van der Waals surface area contributed by atoms with E-state index in [4.69, 9.17) is 9.15 Å². The molecule has 1 saturated carbocycles. The minimum Gasteiger partial charge on any atom is -0.497 e. The van der Waals surface area contributed by atoms with Crippen molar-refractivity contribution in [1.29, 1.82) is 0 Å². The SMILES string of the molecule is CCc1ccc2c(CC(=O)N(Cc3ccc(OC)cc3)C3CC3)coc2c1. The first kappa shape index (κ1) is 17.7. The predicted molar refractivity (Wildman–Crippen MR) is 106 cm³/mol. The fourth-order valence-corrected chi connectivity index (χ4v) is 3.48. The van der Waals surface area contributed by atoms with E-state index in [1.165, 1.54) is 5.56 Å². The van der Waals surface area contributed by atoms with Gasteiger partial charge < -0.3 is 14.1 Å². The number of amides is 1. The lowest BCUT2D eigenvalue weighted by atomic mass is 10.1. The zero-order chi connectivity index (χ0) is 18.8. The highest BCUT2D eigenvalue weighted by atomic mass is 16.5. The summed E-state index contributed by atoms with van der Waals surface area (Å²) in [6.07, 6.45) is 5.27. The van der Waals surface area contributed by atoms with Crippen molar-refractivity contribution < 1.29 is 13.9 Å². The van der Waals surface area contributed by atoms with Gasteiger partial charge in [0.05, 0.1) is 19.8 Å². The lowest BCUT2D eigenvalue weighted by molar-refractivity contribution is -0.131. The van der Waals surface area contributed by atoms with Crippen molar-refractivity contribution in [3.63, 3.8) is 0 Å². The average molecular weight is 363 g/mol. The number of hydrogen-bond acceptors (Lipinski definition) is 3. The van der Waals surface area contributed by atoms with Gasteiger partial charge in [0.25, 0.3) is 0 Å². The summed E-state index contributed by atoms with van der Waals surface area (Å²) in [6.45, 7) is 2.77. The van der Waals surface area contributed by atoms with Crippen LogP contribution in [0.2, 0.25) is 0 Å². The molecule has 0 radical (unpaired) electrons. The van der Waals surface area contributed by atoms with Gasteiger partial charge in [-0.3, -0.25) is 4.79 Å². The van der Waals surface area contributed by atoms with Crippen LogP contribution in [0, 0.1) is 0 Å². The molecular formula is C23H25NO3. The highest BCUT2D eigenvalue weighted by molar-refractivity contribution is 5.88. The Bertz CT molecular complexity index is 938. The lowest BCUT2D eigenvalue weighted by Gasteiger charge is -2.22. The second kappa shape index (κ2) is 7.47. The number of furan rings is 1. The van der Waals surface area contributed by atoms with Gasteiger partial charge in [-0.2, -0.15) is 0 Å². The molecule has 0 bridgehead atoms. The number of methoxy groups -OCH3 is 1. The van der Waals surface area contributed by atoms with Crippen molar-refractivity contribution in [3.8, 4) is 5.75 Å². The van der Waals surface area contributed by atoms with Gasteiger partial charge in [0.15, 0.2) is 0 Å². The molecule has 1 amide bonds. The van der Waals surface area contributed by atoms with Crippen LogP contribution in [-0.2, 0) is 24.2 Å². The van der Waals surface area contributed by atoms with E-state index < -0.39 is 0 Å². The van der Waals surface area contributed by atoms with Crippen molar-refractivity contribution in [1.82, 2.24) is 4.90 Å². The molecule has 3 aromatic rings. The van der Waals surface area contributed by atoms with Crippen molar-refractivity contribution in [3.05, 3.63) is 65.4 Å². The Morgan fingerprint density at radius 1 is 1.15 bits per heavy atom. The fraction of sp³-hybridized carbons (Fsp3) is 0.348. The summed E-state index contributed by atoms with van der Waals surface area (Å²) in [7, 11) is 1.66. The smallest absolute Gasteiger partial charge is 0.227 e. The highest BCUT2D eigenvalue weighted by Gasteiger charge is 2.32. The molecule has 0 aliphatic heterocycles. The predicted octanol–water partition coefficient (Wildman–Crippen LogP) is 4.74. The second-order valence-electron chi connectivity index (χ2n) is 7.22. The van der Waals surface area contributed by atoms with Gasteiger partial charge in [-0.25, -0.2) is 0 Å². The van der Waals surface area contributed by atoms with E-state index in [0.717, 1.165) is 47.1 Å². The van der Waals surface area contributed by atoms with E-state index in [9.17, 15) is 4.79 Å². The van der Waals surface area contributed by atoms with Crippen LogP contribution < -0.4 is 4.74 Å². The molecule has 4 rings (SSSR count). The van der Waals surface area contributed by atoms with Crippen molar-refractivity contribution >= 4 is 16.9 Å². The normalized spacial score (nSPS) is 13.7. The summed E-state index contributed by atoms with van der Waals surface area (Å²) >= 11 is 0. The van der Waals surface area contributed by atoms with Crippen LogP contribution in [0.3, 0.4) is 0 Å². The summed E-state index contributed by atoms with van der Waals surface area (Å²) in [5, 5.41) is 1.04. The Kier molecular flexibility index (Phi) is 4.88. The molecule has 1 aromatic heterocycles. The first-order valence-electron chi connectivity index (χ1n) is 9.59. The molecular weight excluding hydrogens is 338 g/mol. The molecule has 0 unspecified atom stereocenters. The fourth-order valence-electron chi connectivity index (χ4n) is 3.48. The Balaban J connectivity index is 1.51. The standard InChI is InChI=1S/C23H25NO3/c1-3-16-6-11-21-18(15-27-22(21)12-16)13-23(25)24(19-7-8-19)14-17-4-9-20(26-2)10-5-17/h4-6,9-12,15,19H,3,7-8,13-14H2,1-2H3. The Labute approximate surface area is 159 Å². The van der Waals surface area contributed by atoms with E-state index in [1.807, 2.05) is 29.2 Å². The molecule has 1 aliphatic carbocycles. The van der Waals surface area contributed by atoms with Crippen molar-refractivity contribution in [2.75, 3.05) is 7.11 Å². The van der Waals surface area contributed by atoms with Gasteiger partial charge in [-0.15, -0.1) is 0 Å². The highest BCUT2D eigenvalue weighted by Crippen LogP contribution is 2.30. The third-order valence-electron chi connectivity index (χ3n) is 5.29. The van der Waals surface area contributed by atoms with Crippen molar-refractivity contribution in [2.24, 2.45) is 0 Å². The zero-order valence-corrected chi connectivity index (χ0v) is 15.9. The van der Waals surface area contributed by atoms with E-state index in [2.05, 4.69) is 25.1 Å². The number of ether oxygens (including phenoxy) is 1. The molecule has 0 saturated heterocycles. The van der Waals surface area contributed by atoms with Gasteiger partial charge in [-0.1, -0.05) is 31.2 Å². The van der Waals surface area contributed by atoms with Crippen molar-refractivity contribution in [2.45, 2.75) is 45.2 Å². The number of carbonyl (C=O) groups is 1. The summed E-state index contributed by atoms with van der Waals surface area (Å²) in [6, 6.07) is 14.6. The number of carbonyl (C=O) groups excluding carboxylic acids is 1. The number of fused-ring (bicyclic) bond motifs is 1. The maximum absolute atomic E-state index is 13.0. The molecule has 0 spiro atoms. The molecule has 1 aliphatic rings. The van der Waals surface area contributed by atoms with Crippen LogP contribution in [0.1, 0.15) is 36.5 Å². The van der Waals surface area contributed by atoms with Gasteiger partial charge in [0.1, 0.15) is 11.3 Å². The number of rotatable bonds is 7. The van der Waals surface area contributed by atoms with Gasteiger partial charge in [-0.05, 0) is 48.6 Å². The Morgan fingerprint density at radius 2 is 1.89 bits per heavy atom. The van der Waals surface area contributed by atoms with Crippen LogP contribution in [0.15, 0.2) is 53.1 Å². The van der Waals surface area contributed by atoms with Crippen LogP contribution >= 0.6 is 0 Å². The third kappa shape index (κ3) is 3.85. The summed E-state index contributed by atoms with van der Waals surface area (Å²) in [4.78, 5) is 15.1. The van der Waals surface area contributed by atoms with Gasteiger partial charge in [0.2, 0.25) is 5.91 Å². The molecule has 27 heavy (non-hydrogen) atoms. The van der Waals surface area contributed by atoms with E-state index in [1.54, 1.807) is 13.4 Å². The number of hydrogen-bond donors (Lipinski definition) is 0. The first-order valence-corrected chi connectivity index (χ1v) is 9.59. The van der Waals surface area contributed by atoms with Crippen LogP contribution in [0.4, 0.5) is 0 Å². The molecule has 140 valence electrons. The number of nitrogens with zero attached hydrogens (tertiary/aromatic N) is 1. The maximum atomic E-state index is 13.0. The molecule has 1 fully saturated rings. The lowest BCUT2D eigenvalue weighted by Crippen LogP contribution is -2.33. The van der Waals surface area contributed by atoms with E-state index in [-0.39, 0.29) is 5.91 Å².